The number of nitrogens with zero attached hydrogens (tertiary/aromatic N) is 1. The van der Waals surface area contributed by atoms with Crippen molar-refractivity contribution >= 4 is 23.8 Å². The van der Waals surface area contributed by atoms with Crippen LogP contribution in [0, 0.1) is 6.92 Å². The number of aryl methyl sites for hydroxylation is 1. The van der Waals surface area contributed by atoms with Crippen LogP contribution in [-0.2, 0) is 9.53 Å². The van der Waals surface area contributed by atoms with Crippen LogP contribution in [0.15, 0.2) is 35.5 Å². The number of carbonyl (C=O) groups excluding carboxylic acids is 2. The molecule has 2 aliphatic rings. The van der Waals surface area contributed by atoms with Crippen LogP contribution >= 0.6 is 11.8 Å². The van der Waals surface area contributed by atoms with Gasteiger partial charge < -0.3 is 15.4 Å². The third-order valence-corrected chi connectivity index (χ3v) is 5.49. The molecular formula is C18H23N3O3S. The molecule has 0 radical (unpaired) electrons. The molecule has 25 heavy (non-hydrogen) atoms. The Hall–Kier alpha value is -1.99. The van der Waals surface area contributed by atoms with Crippen molar-refractivity contribution in [2.45, 2.75) is 13.0 Å². The molecule has 0 aromatic heterocycles. The molecule has 1 aromatic carbocycles. The Bertz CT molecular complexity index is 699. The number of ether oxygens (including phenoxy) is 1. The normalized spacial score (nSPS) is 21.5. The zero-order valence-electron chi connectivity index (χ0n) is 14.5. The molecule has 2 aliphatic heterocycles. The Labute approximate surface area is 152 Å². The highest BCUT2D eigenvalue weighted by Gasteiger charge is 2.34. The smallest absolute Gasteiger partial charge is 0.338 e. The van der Waals surface area contributed by atoms with Crippen LogP contribution in [0.1, 0.15) is 17.2 Å². The van der Waals surface area contributed by atoms with Crippen LogP contribution in [-0.4, -0.2) is 55.2 Å². The molecule has 3 rings (SSSR count). The van der Waals surface area contributed by atoms with E-state index >= 15 is 0 Å². The highest BCUT2D eigenvalue weighted by molar-refractivity contribution is 7.99. The Morgan fingerprint density at radius 2 is 2.04 bits per heavy atom. The summed E-state index contributed by atoms with van der Waals surface area (Å²) >= 11 is 1.92. The van der Waals surface area contributed by atoms with Crippen molar-refractivity contribution in [3.63, 3.8) is 0 Å². The number of urea groups is 1. The molecule has 6 nitrogen and oxygen atoms in total. The molecule has 1 atom stereocenters. The van der Waals surface area contributed by atoms with Crippen molar-refractivity contribution in [1.82, 2.24) is 15.5 Å². The number of hydrogen-bond donors (Lipinski definition) is 2. The number of benzene rings is 1. The van der Waals surface area contributed by atoms with Crippen LogP contribution in [0.2, 0.25) is 0 Å². The summed E-state index contributed by atoms with van der Waals surface area (Å²) in [7, 11) is 1.37. The molecule has 1 saturated heterocycles. The predicted molar refractivity (Wildman–Crippen MR) is 98.4 cm³/mol. The summed E-state index contributed by atoms with van der Waals surface area (Å²) in [6.45, 7) is 4.41. The van der Waals surface area contributed by atoms with E-state index in [9.17, 15) is 9.59 Å². The maximum atomic E-state index is 12.5. The minimum absolute atomic E-state index is 0.290. The summed E-state index contributed by atoms with van der Waals surface area (Å²) < 4.78 is 5.03. The molecule has 0 aliphatic carbocycles. The average Bonchev–Trinajstić information content (AvgIpc) is 2.62. The van der Waals surface area contributed by atoms with Gasteiger partial charge in [0.1, 0.15) is 0 Å². The van der Waals surface area contributed by atoms with Gasteiger partial charge in [-0.1, -0.05) is 24.3 Å². The first-order valence-electron chi connectivity index (χ1n) is 8.34. The number of hydrogen-bond acceptors (Lipinski definition) is 5. The first kappa shape index (κ1) is 17.8. The van der Waals surface area contributed by atoms with Gasteiger partial charge in [0.25, 0.3) is 0 Å². The van der Waals surface area contributed by atoms with E-state index in [1.165, 1.54) is 7.11 Å². The Morgan fingerprint density at radius 3 is 2.72 bits per heavy atom. The van der Waals surface area contributed by atoms with E-state index in [4.69, 9.17) is 4.74 Å². The standard InChI is InChI=1S/C18H23N3O3S/c1-12-5-3-4-6-13(12)16-15(17(22)24-2)14(19-18(23)20-16)11-21-7-9-25-10-8-21/h3-6,16H,7-11H2,1-2H3,(H2,19,20,23). The lowest BCUT2D eigenvalue weighted by atomic mass is 9.92. The first-order valence-corrected chi connectivity index (χ1v) is 9.50. The summed E-state index contributed by atoms with van der Waals surface area (Å²) in [5.41, 5.74) is 3.04. The molecule has 0 bridgehead atoms. The molecule has 2 amide bonds. The fourth-order valence-electron chi connectivity index (χ4n) is 3.22. The lowest BCUT2D eigenvalue weighted by Crippen LogP contribution is -2.49. The van der Waals surface area contributed by atoms with E-state index in [-0.39, 0.29) is 6.03 Å². The number of nitrogens with one attached hydrogen (secondary N) is 2. The summed E-state index contributed by atoms with van der Waals surface area (Å²) in [5.74, 6) is 1.71. The summed E-state index contributed by atoms with van der Waals surface area (Å²) in [6.07, 6.45) is 0. The predicted octanol–water partition coefficient (Wildman–Crippen LogP) is 1.82. The quantitative estimate of drug-likeness (QED) is 0.801. The van der Waals surface area contributed by atoms with Gasteiger partial charge in [0.05, 0.1) is 18.7 Å². The van der Waals surface area contributed by atoms with Crippen LogP contribution < -0.4 is 10.6 Å². The van der Waals surface area contributed by atoms with Crippen LogP contribution in [0.3, 0.4) is 0 Å². The first-order chi connectivity index (χ1) is 12.1. The summed E-state index contributed by atoms with van der Waals surface area (Å²) in [5, 5.41) is 5.70. The lowest BCUT2D eigenvalue weighted by molar-refractivity contribution is -0.136. The lowest BCUT2D eigenvalue weighted by Gasteiger charge is -2.33. The molecule has 0 saturated carbocycles. The van der Waals surface area contributed by atoms with Gasteiger partial charge in [-0.25, -0.2) is 9.59 Å². The number of esters is 1. The molecule has 1 aromatic rings. The van der Waals surface area contributed by atoms with E-state index < -0.39 is 12.0 Å². The maximum Gasteiger partial charge on any atom is 0.338 e. The van der Waals surface area contributed by atoms with Crippen molar-refractivity contribution < 1.29 is 14.3 Å². The highest BCUT2D eigenvalue weighted by atomic mass is 32.2. The second-order valence-electron chi connectivity index (χ2n) is 6.16. The highest BCUT2D eigenvalue weighted by Crippen LogP contribution is 2.30. The van der Waals surface area contributed by atoms with Gasteiger partial charge in [-0.3, -0.25) is 4.90 Å². The van der Waals surface area contributed by atoms with Crippen LogP contribution in [0.4, 0.5) is 4.79 Å². The van der Waals surface area contributed by atoms with Gasteiger partial charge in [-0.2, -0.15) is 11.8 Å². The second kappa shape index (κ2) is 7.93. The minimum atomic E-state index is -0.503. The topological polar surface area (TPSA) is 70.7 Å². The van der Waals surface area contributed by atoms with E-state index in [1.54, 1.807) is 0 Å². The molecule has 1 unspecified atom stereocenters. The number of carbonyl (C=O) groups is 2. The second-order valence-corrected chi connectivity index (χ2v) is 7.39. The SMILES string of the molecule is COC(=O)C1=C(CN2CCSCC2)NC(=O)NC1c1ccccc1C. The van der Waals surface area contributed by atoms with Crippen molar-refractivity contribution in [3.8, 4) is 0 Å². The van der Waals surface area contributed by atoms with Gasteiger partial charge in [0.2, 0.25) is 0 Å². The van der Waals surface area contributed by atoms with E-state index in [2.05, 4.69) is 15.5 Å². The molecule has 2 heterocycles. The van der Waals surface area contributed by atoms with Gasteiger partial charge >= 0.3 is 12.0 Å². The van der Waals surface area contributed by atoms with Gasteiger partial charge in [-0.15, -0.1) is 0 Å². The number of rotatable bonds is 4. The third-order valence-electron chi connectivity index (χ3n) is 4.54. The third kappa shape index (κ3) is 3.99. The molecule has 134 valence electrons. The molecule has 7 heteroatoms. The maximum absolute atomic E-state index is 12.5. The average molecular weight is 361 g/mol. The zero-order valence-corrected chi connectivity index (χ0v) is 15.3. The minimum Gasteiger partial charge on any atom is -0.466 e. The Morgan fingerprint density at radius 1 is 1.32 bits per heavy atom. The fraction of sp³-hybridized carbons (Fsp3) is 0.444. The molecule has 2 N–H and O–H groups in total. The Balaban J connectivity index is 2.00. The van der Waals surface area contributed by atoms with Crippen molar-refractivity contribution in [2.24, 2.45) is 0 Å². The van der Waals surface area contributed by atoms with Gasteiger partial charge in [-0.05, 0) is 18.1 Å². The van der Waals surface area contributed by atoms with Crippen LogP contribution in [0.25, 0.3) is 0 Å². The zero-order chi connectivity index (χ0) is 17.8. The largest absolute Gasteiger partial charge is 0.466 e. The van der Waals surface area contributed by atoms with E-state index in [0.717, 1.165) is 35.7 Å². The number of amides is 2. The van der Waals surface area contributed by atoms with Crippen LogP contribution in [0.5, 0.6) is 0 Å². The molecule has 0 spiro atoms. The Kier molecular flexibility index (Phi) is 5.65. The monoisotopic (exact) mass is 361 g/mol. The van der Waals surface area contributed by atoms with Crippen molar-refractivity contribution in [3.05, 3.63) is 46.7 Å². The molecule has 1 fully saturated rings. The molecular weight excluding hydrogens is 338 g/mol. The summed E-state index contributed by atoms with van der Waals surface area (Å²) in [6, 6.07) is 6.96. The van der Waals surface area contributed by atoms with Gasteiger partial charge in [0.15, 0.2) is 0 Å². The van der Waals surface area contributed by atoms with Gasteiger partial charge in [0, 0.05) is 36.8 Å². The van der Waals surface area contributed by atoms with E-state index in [1.807, 2.05) is 43.0 Å². The number of methoxy groups -OCH3 is 1. The van der Waals surface area contributed by atoms with E-state index in [0.29, 0.717) is 17.8 Å². The number of thioether (sulfide) groups is 1. The van der Waals surface area contributed by atoms with Crippen molar-refractivity contribution in [2.75, 3.05) is 38.2 Å². The van der Waals surface area contributed by atoms with Crippen molar-refractivity contribution in [1.29, 1.82) is 0 Å². The fourth-order valence-corrected chi connectivity index (χ4v) is 4.20. The summed E-state index contributed by atoms with van der Waals surface area (Å²) in [4.78, 5) is 27.0.